The zero-order valence-electron chi connectivity index (χ0n) is 12.6. The molecule has 0 unspecified atom stereocenters. The molecule has 0 spiro atoms. The van der Waals surface area contributed by atoms with E-state index in [1.807, 2.05) is 60.7 Å². The van der Waals surface area contributed by atoms with Gasteiger partial charge in [-0.25, -0.2) is 0 Å². The second-order valence-electron chi connectivity index (χ2n) is 5.60. The van der Waals surface area contributed by atoms with Crippen LogP contribution in [0.4, 0.5) is 0 Å². The molecule has 1 nitrogen and oxygen atoms in total. The Bertz CT molecular complexity index is 957. The van der Waals surface area contributed by atoms with E-state index in [1.165, 1.54) is 0 Å². The first-order valence-corrected chi connectivity index (χ1v) is 7.70. The van der Waals surface area contributed by atoms with E-state index >= 15 is 0 Å². The normalized spacial score (nSPS) is 10.8. The van der Waals surface area contributed by atoms with Gasteiger partial charge in [-0.2, -0.15) is 0 Å². The molecule has 1 N–H and O–H groups in total. The average molecular weight is 296 g/mol. The molecule has 0 saturated carbocycles. The number of fused-ring (bicyclic) bond motifs is 1. The molecule has 0 fully saturated rings. The van der Waals surface area contributed by atoms with Gasteiger partial charge in [0.25, 0.3) is 0 Å². The van der Waals surface area contributed by atoms with Gasteiger partial charge in [0.05, 0.1) is 0 Å². The van der Waals surface area contributed by atoms with Crippen LogP contribution in [-0.2, 0) is 0 Å². The van der Waals surface area contributed by atoms with E-state index < -0.39 is 0 Å². The molecule has 1 heteroatoms. The monoisotopic (exact) mass is 296 g/mol. The van der Waals surface area contributed by atoms with Crippen molar-refractivity contribution in [2.45, 2.75) is 0 Å². The number of phenolic OH excluding ortho intramolecular Hbond substituents is 1. The van der Waals surface area contributed by atoms with Gasteiger partial charge in [-0.3, -0.25) is 0 Å². The quantitative estimate of drug-likeness (QED) is 0.490. The number of benzene rings is 4. The zero-order chi connectivity index (χ0) is 15.6. The molecule has 0 bridgehead atoms. The molecule has 0 aliphatic carbocycles. The molecule has 110 valence electrons. The standard InChI is InChI=1S/C22H16O/c23-21-15-20(16-9-3-1-4-10-16)22(17-11-5-2-6-12-17)19-14-8-7-13-18(19)21/h1-15,23H. The Morgan fingerprint density at radius 2 is 1.04 bits per heavy atom. The fraction of sp³-hybridized carbons (Fsp3) is 0. The maximum atomic E-state index is 10.5. The fourth-order valence-electron chi connectivity index (χ4n) is 3.12. The second kappa shape index (κ2) is 5.62. The van der Waals surface area contributed by atoms with Crippen LogP contribution in [-0.4, -0.2) is 5.11 Å². The van der Waals surface area contributed by atoms with Crippen LogP contribution in [0.3, 0.4) is 0 Å². The van der Waals surface area contributed by atoms with Crippen molar-refractivity contribution >= 4 is 10.8 Å². The first-order chi connectivity index (χ1) is 11.3. The summed E-state index contributed by atoms with van der Waals surface area (Å²) in [4.78, 5) is 0. The van der Waals surface area contributed by atoms with E-state index in [0.29, 0.717) is 5.75 Å². The summed E-state index contributed by atoms with van der Waals surface area (Å²) < 4.78 is 0. The first kappa shape index (κ1) is 13.6. The van der Waals surface area contributed by atoms with Crippen LogP contribution < -0.4 is 0 Å². The Balaban J connectivity index is 2.14. The highest BCUT2D eigenvalue weighted by atomic mass is 16.3. The van der Waals surface area contributed by atoms with Crippen molar-refractivity contribution in [2.75, 3.05) is 0 Å². The smallest absolute Gasteiger partial charge is 0.124 e. The predicted molar refractivity (Wildman–Crippen MR) is 96.5 cm³/mol. The van der Waals surface area contributed by atoms with Gasteiger partial charge in [0.15, 0.2) is 0 Å². The van der Waals surface area contributed by atoms with E-state index in [2.05, 4.69) is 30.3 Å². The van der Waals surface area contributed by atoms with Gasteiger partial charge >= 0.3 is 0 Å². The summed E-state index contributed by atoms with van der Waals surface area (Å²) in [6, 6.07) is 30.4. The summed E-state index contributed by atoms with van der Waals surface area (Å²) >= 11 is 0. The highest BCUT2D eigenvalue weighted by Crippen LogP contribution is 2.41. The maximum absolute atomic E-state index is 10.5. The lowest BCUT2D eigenvalue weighted by atomic mass is 9.89. The minimum Gasteiger partial charge on any atom is -0.507 e. The summed E-state index contributed by atoms with van der Waals surface area (Å²) in [7, 11) is 0. The number of phenols is 1. The molecule has 0 saturated heterocycles. The summed E-state index contributed by atoms with van der Waals surface area (Å²) in [5.41, 5.74) is 4.47. The third-order valence-electron chi connectivity index (χ3n) is 4.17. The minimum absolute atomic E-state index is 0.319. The van der Waals surface area contributed by atoms with E-state index in [0.717, 1.165) is 33.0 Å². The van der Waals surface area contributed by atoms with Crippen LogP contribution in [0.5, 0.6) is 5.75 Å². The Morgan fingerprint density at radius 3 is 1.70 bits per heavy atom. The summed E-state index contributed by atoms with van der Waals surface area (Å²) in [5, 5.41) is 12.4. The third-order valence-corrected chi connectivity index (χ3v) is 4.17. The molecule has 4 aromatic carbocycles. The lowest BCUT2D eigenvalue weighted by Gasteiger charge is -2.15. The fourth-order valence-corrected chi connectivity index (χ4v) is 3.12. The van der Waals surface area contributed by atoms with Crippen molar-refractivity contribution in [1.82, 2.24) is 0 Å². The van der Waals surface area contributed by atoms with Gasteiger partial charge in [-0.05, 0) is 33.7 Å². The van der Waals surface area contributed by atoms with E-state index in [-0.39, 0.29) is 0 Å². The molecule has 0 aliphatic rings. The third kappa shape index (κ3) is 2.36. The molecule has 0 aliphatic heterocycles. The Labute approximate surface area is 135 Å². The van der Waals surface area contributed by atoms with E-state index in [9.17, 15) is 5.11 Å². The van der Waals surface area contributed by atoms with Crippen molar-refractivity contribution in [3.8, 4) is 28.0 Å². The van der Waals surface area contributed by atoms with Crippen LogP contribution in [0.25, 0.3) is 33.0 Å². The van der Waals surface area contributed by atoms with E-state index in [1.54, 1.807) is 0 Å². The topological polar surface area (TPSA) is 20.2 Å². The van der Waals surface area contributed by atoms with Crippen LogP contribution >= 0.6 is 0 Å². The van der Waals surface area contributed by atoms with Gasteiger partial charge in [0.1, 0.15) is 5.75 Å². The van der Waals surface area contributed by atoms with Crippen molar-refractivity contribution in [3.05, 3.63) is 91.0 Å². The molecular weight excluding hydrogens is 280 g/mol. The number of hydrogen-bond acceptors (Lipinski definition) is 1. The first-order valence-electron chi connectivity index (χ1n) is 7.70. The minimum atomic E-state index is 0.319. The van der Waals surface area contributed by atoms with Gasteiger partial charge in [-0.1, -0.05) is 84.9 Å². The van der Waals surface area contributed by atoms with Crippen molar-refractivity contribution in [3.63, 3.8) is 0 Å². The molecule has 4 aromatic rings. The maximum Gasteiger partial charge on any atom is 0.124 e. The SMILES string of the molecule is Oc1cc(-c2ccccc2)c(-c2ccccc2)c2ccccc12. The largest absolute Gasteiger partial charge is 0.507 e. The summed E-state index contributed by atoms with van der Waals surface area (Å²) in [5.74, 6) is 0.319. The summed E-state index contributed by atoms with van der Waals surface area (Å²) in [6.07, 6.45) is 0. The molecule has 0 aromatic heterocycles. The number of rotatable bonds is 2. The van der Waals surface area contributed by atoms with Crippen molar-refractivity contribution < 1.29 is 5.11 Å². The molecule has 0 amide bonds. The Kier molecular flexibility index (Phi) is 3.32. The number of hydrogen-bond donors (Lipinski definition) is 1. The second-order valence-corrected chi connectivity index (χ2v) is 5.60. The Morgan fingerprint density at radius 1 is 0.522 bits per heavy atom. The van der Waals surface area contributed by atoms with Crippen LogP contribution in [0, 0.1) is 0 Å². The average Bonchev–Trinajstić information content (AvgIpc) is 2.63. The highest BCUT2D eigenvalue weighted by Gasteiger charge is 2.14. The van der Waals surface area contributed by atoms with Crippen LogP contribution in [0.15, 0.2) is 91.0 Å². The van der Waals surface area contributed by atoms with Gasteiger partial charge in [-0.15, -0.1) is 0 Å². The Hall–Kier alpha value is -3.06. The van der Waals surface area contributed by atoms with Gasteiger partial charge in [0.2, 0.25) is 0 Å². The van der Waals surface area contributed by atoms with Crippen LogP contribution in [0.2, 0.25) is 0 Å². The van der Waals surface area contributed by atoms with Crippen molar-refractivity contribution in [1.29, 1.82) is 0 Å². The predicted octanol–water partition coefficient (Wildman–Crippen LogP) is 5.88. The molecule has 0 radical (unpaired) electrons. The highest BCUT2D eigenvalue weighted by molar-refractivity contribution is 6.06. The molecule has 23 heavy (non-hydrogen) atoms. The molecular formula is C22H16O. The summed E-state index contributed by atoms with van der Waals surface area (Å²) in [6.45, 7) is 0. The van der Waals surface area contributed by atoms with Gasteiger partial charge in [0, 0.05) is 5.39 Å². The van der Waals surface area contributed by atoms with E-state index in [4.69, 9.17) is 0 Å². The van der Waals surface area contributed by atoms with Crippen molar-refractivity contribution in [2.24, 2.45) is 0 Å². The lowest BCUT2D eigenvalue weighted by Crippen LogP contribution is -1.88. The number of aromatic hydroxyl groups is 1. The van der Waals surface area contributed by atoms with Crippen LogP contribution in [0.1, 0.15) is 0 Å². The lowest BCUT2D eigenvalue weighted by molar-refractivity contribution is 0.482. The zero-order valence-corrected chi connectivity index (χ0v) is 12.6. The molecule has 0 heterocycles. The molecule has 4 rings (SSSR count). The van der Waals surface area contributed by atoms with Gasteiger partial charge < -0.3 is 5.11 Å². The molecule has 0 atom stereocenters.